The first kappa shape index (κ1) is 12.0. The van der Waals surface area contributed by atoms with Crippen LogP contribution in [0.4, 0.5) is 4.39 Å². The van der Waals surface area contributed by atoms with Crippen LogP contribution in [0.1, 0.15) is 15.9 Å². The number of halogens is 2. The van der Waals surface area contributed by atoms with E-state index in [1.54, 1.807) is 24.5 Å². The van der Waals surface area contributed by atoms with E-state index in [9.17, 15) is 9.18 Å². The van der Waals surface area contributed by atoms with Crippen LogP contribution in [-0.2, 0) is 0 Å². The second-order valence-electron chi connectivity index (χ2n) is 3.98. The van der Waals surface area contributed by atoms with Crippen LogP contribution in [-0.4, -0.2) is 15.8 Å². The zero-order valence-electron chi connectivity index (χ0n) is 9.58. The van der Waals surface area contributed by atoms with E-state index in [2.05, 4.69) is 32.0 Å². The topological polar surface area (TPSA) is 45.8 Å². The minimum atomic E-state index is -0.648. The van der Waals surface area contributed by atoms with Gasteiger partial charge in [0.1, 0.15) is 11.5 Å². The number of rotatable bonds is 2. The van der Waals surface area contributed by atoms with Gasteiger partial charge >= 0.3 is 0 Å². The van der Waals surface area contributed by atoms with Gasteiger partial charge in [-0.25, -0.2) is 9.37 Å². The Kier molecular flexibility index (Phi) is 2.91. The Morgan fingerprint density at radius 3 is 3.05 bits per heavy atom. The summed E-state index contributed by atoms with van der Waals surface area (Å²) in [6, 6.07) is 8.61. The molecule has 0 atom stereocenters. The van der Waals surface area contributed by atoms with E-state index in [1.165, 1.54) is 12.1 Å². The highest BCUT2D eigenvalue weighted by molar-refractivity contribution is 9.10. The number of fused-ring (bicyclic) bond motifs is 1. The van der Waals surface area contributed by atoms with E-state index in [0.29, 0.717) is 16.6 Å². The third kappa shape index (κ3) is 2.06. The number of aromatic nitrogens is 2. The molecule has 1 aromatic carbocycles. The first-order chi connectivity index (χ1) is 9.16. The normalized spacial score (nSPS) is 10.8. The molecule has 3 rings (SSSR count). The van der Waals surface area contributed by atoms with Gasteiger partial charge in [0.25, 0.3) is 0 Å². The number of pyridine rings is 1. The van der Waals surface area contributed by atoms with E-state index in [1.807, 2.05) is 0 Å². The standard InChI is InChI=1S/C14H7BrFN2O/c15-8-5-10-11(7-18-14(10)17-6-8)13(19)9-3-1-2-4-12(9)16/h1-3,5-7H,(H,17,18). The summed E-state index contributed by atoms with van der Waals surface area (Å²) in [6.45, 7) is 0. The number of nitrogens with one attached hydrogen (secondary N) is 1. The summed E-state index contributed by atoms with van der Waals surface area (Å²) < 4.78 is 14.4. The summed E-state index contributed by atoms with van der Waals surface area (Å²) in [5, 5.41) is 0.655. The Bertz CT molecular complexity index is 782. The molecule has 3 aromatic rings. The van der Waals surface area contributed by atoms with Crippen LogP contribution >= 0.6 is 15.9 Å². The van der Waals surface area contributed by atoms with Crippen LogP contribution < -0.4 is 0 Å². The zero-order valence-corrected chi connectivity index (χ0v) is 11.2. The maximum atomic E-state index is 13.6. The number of aromatic amines is 1. The molecule has 0 spiro atoms. The molecule has 2 heterocycles. The molecule has 1 radical (unpaired) electrons. The van der Waals surface area contributed by atoms with Gasteiger partial charge in [0.05, 0.1) is 5.56 Å². The monoisotopic (exact) mass is 317 g/mol. The SMILES string of the molecule is O=C(c1ccc[c]c1F)c1c[nH]c2ncc(Br)cc12. The molecule has 0 fully saturated rings. The fraction of sp³-hybridized carbons (Fsp3) is 0. The average molecular weight is 318 g/mol. The van der Waals surface area contributed by atoms with Crippen molar-refractivity contribution in [2.24, 2.45) is 0 Å². The summed E-state index contributed by atoms with van der Waals surface area (Å²) in [7, 11) is 0. The molecule has 0 saturated carbocycles. The highest BCUT2D eigenvalue weighted by Gasteiger charge is 2.17. The molecule has 5 heteroatoms. The van der Waals surface area contributed by atoms with Gasteiger partial charge in [0.2, 0.25) is 0 Å². The summed E-state index contributed by atoms with van der Waals surface area (Å²) in [5.74, 6) is -1.04. The van der Waals surface area contributed by atoms with Crippen molar-refractivity contribution in [3.63, 3.8) is 0 Å². The number of benzene rings is 1. The smallest absolute Gasteiger partial charge is 0.198 e. The Morgan fingerprint density at radius 1 is 1.42 bits per heavy atom. The van der Waals surface area contributed by atoms with Gasteiger partial charge in [0, 0.05) is 33.9 Å². The molecule has 3 nitrogen and oxygen atoms in total. The lowest BCUT2D eigenvalue weighted by Gasteiger charge is -2.01. The zero-order chi connectivity index (χ0) is 13.4. The lowest BCUT2D eigenvalue weighted by Crippen LogP contribution is -2.03. The van der Waals surface area contributed by atoms with E-state index < -0.39 is 5.82 Å². The molecule has 0 aliphatic rings. The fourth-order valence-electron chi connectivity index (χ4n) is 1.90. The maximum absolute atomic E-state index is 13.6. The second kappa shape index (κ2) is 4.59. The number of carbonyl (C=O) groups excluding carboxylic acids is 1. The molecule has 0 aliphatic carbocycles. The largest absolute Gasteiger partial charge is 0.345 e. The molecule has 0 saturated heterocycles. The number of hydrogen-bond acceptors (Lipinski definition) is 2. The highest BCUT2D eigenvalue weighted by Crippen LogP contribution is 2.23. The molecule has 0 bridgehead atoms. The summed E-state index contributed by atoms with van der Waals surface area (Å²) in [6.07, 6.45) is 3.17. The van der Waals surface area contributed by atoms with E-state index in [0.717, 1.165) is 4.47 Å². The second-order valence-corrected chi connectivity index (χ2v) is 4.89. The van der Waals surface area contributed by atoms with Crippen LogP contribution in [0, 0.1) is 11.9 Å². The number of H-pyrrole nitrogens is 1. The van der Waals surface area contributed by atoms with Crippen LogP contribution in [0.3, 0.4) is 0 Å². The van der Waals surface area contributed by atoms with Crippen molar-refractivity contribution in [3.05, 3.63) is 64.1 Å². The van der Waals surface area contributed by atoms with E-state index in [-0.39, 0.29) is 11.3 Å². The van der Waals surface area contributed by atoms with Gasteiger partial charge in [-0.05, 0) is 28.1 Å². The average Bonchev–Trinajstić information content (AvgIpc) is 2.81. The van der Waals surface area contributed by atoms with Gasteiger partial charge in [-0.15, -0.1) is 0 Å². The van der Waals surface area contributed by atoms with Crippen molar-refractivity contribution < 1.29 is 9.18 Å². The third-order valence-corrected chi connectivity index (χ3v) is 3.23. The Labute approximate surface area is 116 Å². The Morgan fingerprint density at radius 2 is 2.26 bits per heavy atom. The van der Waals surface area contributed by atoms with Crippen molar-refractivity contribution in [2.75, 3.05) is 0 Å². The van der Waals surface area contributed by atoms with Crippen LogP contribution in [0.5, 0.6) is 0 Å². The van der Waals surface area contributed by atoms with Gasteiger partial charge in [-0.1, -0.05) is 12.1 Å². The molecular formula is C14H7BrFN2O. The Balaban J connectivity index is 2.17. The van der Waals surface area contributed by atoms with Gasteiger partial charge in [0.15, 0.2) is 5.78 Å². The van der Waals surface area contributed by atoms with Gasteiger partial charge in [-0.3, -0.25) is 4.79 Å². The van der Waals surface area contributed by atoms with Crippen LogP contribution in [0.2, 0.25) is 0 Å². The molecule has 1 N–H and O–H groups in total. The third-order valence-electron chi connectivity index (χ3n) is 2.79. The maximum Gasteiger partial charge on any atom is 0.198 e. The first-order valence-corrected chi connectivity index (χ1v) is 6.29. The highest BCUT2D eigenvalue weighted by atomic mass is 79.9. The van der Waals surface area contributed by atoms with E-state index in [4.69, 9.17) is 0 Å². The first-order valence-electron chi connectivity index (χ1n) is 5.50. The summed E-state index contributed by atoms with van der Waals surface area (Å²) in [4.78, 5) is 19.4. The Hall–Kier alpha value is -2.01. The molecule has 2 aromatic heterocycles. The molecule has 0 unspecified atom stereocenters. The van der Waals surface area contributed by atoms with Crippen molar-refractivity contribution in [1.29, 1.82) is 0 Å². The van der Waals surface area contributed by atoms with Crippen molar-refractivity contribution in [2.45, 2.75) is 0 Å². The molecule has 0 aliphatic heterocycles. The van der Waals surface area contributed by atoms with Crippen molar-refractivity contribution in [3.8, 4) is 0 Å². The lowest BCUT2D eigenvalue weighted by molar-refractivity contribution is 0.103. The number of ketones is 1. The quantitative estimate of drug-likeness (QED) is 0.735. The molecule has 93 valence electrons. The fourth-order valence-corrected chi connectivity index (χ4v) is 2.23. The number of carbonyl (C=O) groups is 1. The molecule has 0 amide bonds. The van der Waals surface area contributed by atoms with Crippen LogP contribution in [0.15, 0.2) is 41.1 Å². The number of nitrogens with zero attached hydrogens (tertiary/aromatic N) is 1. The lowest BCUT2D eigenvalue weighted by atomic mass is 10.0. The molecule has 19 heavy (non-hydrogen) atoms. The minimum Gasteiger partial charge on any atom is -0.345 e. The molecular weight excluding hydrogens is 311 g/mol. The minimum absolute atomic E-state index is 0.00313. The van der Waals surface area contributed by atoms with Crippen molar-refractivity contribution >= 4 is 32.7 Å². The summed E-state index contributed by atoms with van der Waals surface area (Å²) in [5.41, 5.74) is 0.984. The van der Waals surface area contributed by atoms with Crippen molar-refractivity contribution in [1.82, 2.24) is 9.97 Å². The predicted molar refractivity (Wildman–Crippen MR) is 72.5 cm³/mol. The van der Waals surface area contributed by atoms with Crippen LogP contribution in [0.25, 0.3) is 11.0 Å². The van der Waals surface area contributed by atoms with Gasteiger partial charge in [-0.2, -0.15) is 0 Å². The number of hydrogen-bond donors (Lipinski definition) is 1. The predicted octanol–water partition coefficient (Wildman–Crippen LogP) is 3.50. The van der Waals surface area contributed by atoms with Gasteiger partial charge < -0.3 is 4.98 Å². The van der Waals surface area contributed by atoms with E-state index >= 15 is 0 Å². The summed E-state index contributed by atoms with van der Waals surface area (Å²) >= 11 is 3.30.